The Morgan fingerprint density at radius 2 is 2.11 bits per heavy atom. The summed E-state index contributed by atoms with van der Waals surface area (Å²) >= 11 is 0. The summed E-state index contributed by atoms with van der Waals surface area (Å²) in [4.78, 5) is 29.0. The van der Waals surface area contributed by atoms with Gasteiger partial charge in [0.05, 0.1) is 24.5 Å². The van der Waals surface area contributed by atoms with Crippen LogP contribution in [0.2, 0.25) is 0 Å². The molecule has 0 saturated carbocycles. The van der Waals surface area contributed by atoms with Crippen molar-refractivity contribution in [3.8, 4) is 5.75 Å². The standard InChI is InChI=1S/C19H24N2O5S/c1-26-16-4-5-17-13(9-16)3-2-7-20(17)19(23)14-10-18(22)21(11-14)15-6-8-27(24,25)12-15/h4-5,9,14-15H,2-3,6-8,10-12H2,1H3. The Bertz CT molecular complexity index is 882. The monoisotopic (exact) mass is 392 g/mol. The molecule has 0 radical (unpaired) electrons. The molecule has 1 aromatic rings. The van der Waals surface area contributed by atoms with Crippen molar-refractivity contribution in [1.29, 1.82) is 0 Å². The number of aryl methyl sites for hydroxylation is 1. The second-order valence-electron chi connectivity index (χ2n) is 7.59. The Morgan fingerprint density at radius 1 is 1.30 bits per heavy atom. The average Bonchev–Trinajstić information content (AvgIpc) is 3.22. The predicted molar refractivity (Wildman–Crippen MR) is 101 cm³/mol. The number of sulfone groups is 1. The molecule has 3 aliphatic heterocycles. The lowest BCUT2D eigenvalue weighted by atomic mass is 9.98. The molecule has 2 fully saturated rings. The first-order chi connectivity index (χ1) is 12.9. The van der Waals surface area contributed by atoms with Crippen molar-refractivity contribution in [2.75, 3.05) is 36.6 Å². The number of hydrogen-bond acceptors (Lipinski definition) is 5. The van der Waals surface area contributed by atoms with Gasteiger partial charge in [0.1, 0.15) is 5.75 Å². The van der Waals surface area contributed by atoms with E-state index in [4.69, 9.17) is 4.74 Å². The number of anilines is 1. The van der Waals surface area contributed by atoms with Crippen molar-refractivity contribution >= 4 is 27.3 Å². The summed E-state index contributed by atoms with van der Waals surface area (Å²) in [5.41, 5.74) is 1.97. The van der Waals surface area contributed by atoms with Gasteiger partial charge in [0.2, 0.25) is 11.8 Å². The molecule has 3 heterocycles. The molecule has 4 rings (SSSR count). The van der Waals surface area contributed by atoms with E-state index in [0.29, 0.717) is 19.5 Å². The zero-order valence-electron chi connectivity index (χ0n) is 15.4. The minimum atomic E-state index is -3.06. The van der Waals surface area contributed by atoms with E-state index < -0.39 is 15.8 Å². The maximum Gasteiger partial charge on any atom is 0.232 e. The smallest absolute Gasteiger partial charge is 0.232 e. The summed E-state index contributed by atoms with van der Waals surface area (Å²) in [6, 6.07) is 5.44. The third-order valence-electron chi connectivity index (χ3n) is 5.83. The van der Waals surface area contributed by atoms with E-state index in [1.807, 2.05) is 18.2 Å². The van der Waals surface area contributed by atoms with E-state index in [2.05, 4.69) is 0 Å². The van der Waals surface area contributed by atoms with E-state index in [0.717, 1.165) is 29.8 Å². The number of likely N-dealkylation sites (tertiary alicyclic amines) is 1. The summed E-state index contributed by atoms with van der Waals surface area (Å²) in [5.74, 6) is 0.356. The number of carbonyl (C=O) groups excluding carboxylic acids is 2. The second-order valence-corrected chi connectivity index (χ2v) is 9.82. The fraction of sp³-hybridized carbons (Fsp3) is 0.579. The van der Waals surface area contributed by atoms with E-state index in [1.54, 1.807) is 16.9 Å². The topological polar surface area (TPSA) is 84.0 Å². The van der Waals surface area contributed by atoms with E-state index in [9.17, 15) is 18.0 Å². The number of methoxy groups -OCH3 is 1. The van der Waals surface area contributed by atoms with Gasteiger partial charge in [-0.1, -0.05) is 0 Å². The second kappa shape index (κ2) is 6.82. The molecule has 27 heavy (non-hydrogen) atoms. The van der Waals surface area contributed by atoms with Gasteiger partial charge < -0.3 is 14.5 Å². The molecule has 2 amide bonds. The third kappa shape index (κ3) is 3.42. The van der Waals surface area contributed by atoms with Gasteiger partial charge in [0, 0.05) is 31.2 Å². The third-order valence-corrected chi connectivity index (χ3v) is 7.58. The number of ether oxygens (including phenoxy) is 1. The number of amides is 2. The van der Waals surface area contributed by atoms with Crippen LogP contribution in [0.25, 0.3) is 0 Å². The number of rotatable bonds is 3. The zero-order valence-corrected chi connectivity index (χ0v) is 16.2. The first-order valence-electron chi connectivity index (χ1n) is 9.36. The van der Waals surface area contributed by atoms with E-state index >= 15 is 0 Å². The maximum absolute atomic E-state index is 13.1. The number of benzene rings is 1. The molecule has 0 aromatic heterocycles. The van der Waals surface area contributed by atoms with Crippen molar-refractivity contribution in [1.82, 2.24) is 4.90 Å². The summed E-state index contributed by atoms with van der Waals surface area (Å²) in [7, 11) is -1.44. The predicted octanol–water partition coefficient (Wildman–Crippen LogP) is 1.01. The Labute approximate surface area is 159 Å². The minimum Gasteiger partial charge on any atom is -0.497 e. The number of carbonyl (C=O) groups is 2. The Kier molecular flexibility index (Phi) is 4.61. The van der Waals surface area contributed by atoms with Crippen LogP contribution >= 0.6 is 0 Å². The van der Waals surface area contributed by atoms with Gasteiger partial charge in [-0.05, 0) is 43.0 Å². The Morgan fingerprint density at radius 3 is 2.81 bits per heavy atom. The highest BCUT2D eigenvalue weighted by Crippen LogP contribution is 2.34. The molecule has 2 atom stereocenters. The lowest BCUT2D eigenvalue weighted by Gasteiger charge is -2.32. The van der Waals surface area contributed by atoms with Crippen molar-refractivity contribution in [3.05, 3.63) is 23.8 Å². The zero-order chi connectivity index (χ0) is 19.2. The van der Waals surface area contributed by atoms with Crippen LogP contribution < -0.4 is 9.64 Å². The molecule has 0 bridgehead atoms. The molecular weight excluding hydrogens is 368 g/mol. The van der Waals surface area contributed by atoms with Crippen molar-refractivity contribution < 1.29 is 22.7 Å². The quantitative estimate of drug-likeness (QED) is 0.767. The SMILES string of the molecule is COc1ccc2c(c1)CCCN2C(=O)C1CC(=O)N(C2CCS(=O)(=O)C2)C1. The number of nitrogens with zero attached hydrogens (tertiary/aromatic N) is 2. The van der Waals surface area contributed by atoms with Crippen LogP contribution in [0.3, 0.4) is 0 Å². The molecule has 2 saturated heterocycles. The minimum absolute atomic E-state index is 0.0198. The van der Waals surface area contributed by atoms with Crippen LogP contribution in [0.4, 0.5) is 5.69 Å². The van der Waals surface area contributed by atoms with Crippen LogP contribution in [0.15, 0.2) is 18.2 Å². The summed E-state index contributed by atoms with van der Waals surface area (Å²) < 4.78 is 28.7. The van der Waals surface area contributed by atoms with Gasteiger partial charge in [-0.25, -0.2) is 8.42 Å². The van der Waals surface area contributed by atoms with Crippen LogP contribution in [-0.2, 0) is 25.8 Å². The van der Waals surface area contributed by atoms with Gasteiger partial charge in [-0.15, -0.1) is 0 Å². The molecule has 3 aliphatic rings. The highest BCUT2D eigenvalue weighted by molar-refractivity contribution is 7.91. The largest absolute Gasteiger partial charge is 0.497 e. The molecule has 8 heteroatoms. The molecule has 1 aromatic carbocycles. The van der Waals surface area contributed by atoms with Crippen molar-refractivity contribution in [2.24, 2.45) is 5.92 Å². The van der Waals surface area contributed by atoms with Gasteiger partial charge in [0.15, 0.2) is 9.84 Å². The van der Waals surface area contributed by atoms with Crippen molar-refractivity contribution in [3.63, 3.8) is 0 Å². The summed E-state index contributed by atoms with van der Waals surface area (Å²) in [5, 5.41) is 0. The van der Waals surface area contributed by atoms with Crippen LogP contribution in [0, 0.1) is 5.92 Å². The van der Waals surface area contributed by atoms with Gasteiger partial charge >= 0.3 is 0 Å². The van der Waals surface area contributed by atoms with Gasteiger partial charge in [0.25, 0.3) is 0 Å². The molecule has 7 nitrogen and oxygen atoms in total. The normalized spacial score (nSPS) is 26.9. The van der Waals surface area contributed by atoms with Crippen molar-refractivity contribution in [2.45, 2.75) is 31.7 Å². The van der Waals surface area contributed by atoms with E-state index in [1.165, 1.54) is 0 Å². The van der Waals surface area contributed by atoms with Gasteiger partial charge in [-0.3, -0.25) is 9.59 Å². The fourth-order valence-corrected chi connectivity index (χ4v) is 6.15. The summed E-state index contributed by atoms with van der Waals surface area (Å²) in [6.07, 6.45) is 2.40. The molecule has 0 spiro atoms. The highest BCUT2D eigenvalue weighted by atomic mass is 32.2. The number of hydrogen-bond donors (Lipinski definition) is 0. The van der Waals surface area contributed by atoms with Crippen LogP contribution in [0.1, 0.15) is 24.8 Å². The van der Waals surface area contributed by atoms with Gasteiger partial charge in [-0.2, -0.15) is 0 Å². The Balaban J connectivity index is 1.51. The van der Waals surface area contributed by atoms with Crippen LogP contribution in [0.5, 0.6) is 5.75 Å². The van der Waals surface area contributed by atoms with Crippen LogP contribution in [-0.4, -0.2) is 62.9 Å². The molecular formula is C19H24N2O5S. The number of fused-ring (bicyclic) bond motifs is 1. The maximum atomic E-state index is 13.1. The fourth-order valence-electron chi connectivity index (χ4n) is 4.42. The molecule has 146 valence electrons. The highest BCUT2D eigenvalue weighted by Gasteiger charge is 2.43. The lowest BCUT2D eigenvalue weighted by molar-refractivity contribution is -0.129. The average molecular weight is 392 g/mol. The first kappa shape index (κ1) is 18.3. The molecule has 0 N–H and O–H groups in total. The summed E-state index contributed by atoms with van der Waals surface area (Å²) in [6.45, 7) is 0.959. The first-order valence-corrected chi connectivity index (χ1v) is 11.2. The van der Waals surface area contributed by atoms with E-state index in [-0.39, 0.29) is 35.8 Å². The Hall–Kier alpha value is -2.09. The lowest BCUT2D eigenvalue weighted by Crippen LogP contribution is -2.42. The molecule has 2 unspecified atom stereocenters. The molecule has 0 aliphatic carbocycles.